The van der Waals surface area contributed by atoms with Gasteiger partial charge in [0, 0.05) is 5.92 Å². The van der Waals surface area contributed by atoms with Gasteiger partial charge in [0.15, 0.2) is 0 Å². The lowest BCUT2D eigenvalue weighted by Gasteiger charge is -2.62. The molecule has 3 atom stereocenters. The molecule has 0 aromatic carbocycles. The number of β-lactam (4-membered cyclic amide) rings is 1. The topological polar surface area (TPSA) is 49.8 Å². The van der Waals surface area contributed by atoms with Gasteiger partial charge in [0.25, 0.3) is 0 Å². The van der Waals surface area contributed by atoms with Crippen molar-refractivity contribution in [3.8, 4) is 0 Å². The molecule has 1 amide bonds. The van der Waals surface area contributed by atoms with Crippen LogP contribution in [0, 0.1) is 11.8 Å². The molecule has 0 aromatic heterocycles. The average molecular weight is 239 g/mol. The lowest BCUT2D eigenvalue weighted by molar-refractivity contribution is -0.272. The number of hydrogen-bond donors (Lipinski definition) is 1. The van der Waals surface area contributed by atoms with Crippen molar-refractivity contribution in [1.29, 1.82) is 0 Å². The minimum Gasteiger partial charge on any atom is -0.395 e. The van der Waals surface area contributed by atoms with E-state index >= 15 is 0 Å². The summed E-state index contributed by atoms with van der Waals surface area (Å²) < 4.78 is 6.04. The molecule has 0 aromatic rings. The van der Waals surface area contributed by atoms with E-state index in [0.717, 1.165) is 32.3 Å². The minimum atomic E-state index is -0.321. The number of fused-ring (bicyclic) bond motifs is 2. The fourth-order valence-electron chi connectivity index (χ4n) is 3.82. The van der Waals surface area contributed by atoms with E-state index in [9.17, 15) is 9.90 Å². The van der Waals surface area contributed by atoms with Crippen LogP contribution in [0.3, 0.4) is 0 Å². The zero-order valence-electron chi connectivity index (χ0n) is 10.4. The van der Waals surface area contributed by atoms with E-state index < -0.39 is 0 Å². The van der Waals surface area contributed by atoms with Crippen molar-refractivity contribution < 1.29 is 14.6 Å². The molecule has 2 heterocycles. The standard InChI is InChI=1S/C13H21NO3/c1-9-8-17-13(5-3-2-4-6-13)14-11(9)10(7-15)12(14)16/h9-11,15H,2-8H2,1H3/t9-,10+,11+/m0/s1. The molecule has 2 saturated heterocycles. The molecule has 3 rings (SSSR count). The number of rotatable bonds is 1. The molecule has 1 spiro atoms. The number of nitrogens with zero attached hydrogens (tertiary/aromatic N) is 1. The molecule has 3 aliphatic rings. The van der Waals surface area contributed by atoms with E-state index in [1.165, 1.54) is 6.42 Å². The average Bonchev–Trinajstić information content (AvgIpc) is 2.34. The Labute approximate surface area is 102 Å². The number of carbonyl (C=O) groups is 1. The number of amides is 1. The highest BCUT2D eigenvalue weighted by Gasteiger charge is 2.60. The smallest absolute Gasteiger partial charge is 0.232 e. The lowest BCUT2D eigenvalue weighted by Crippen LogP contribution is -2.76. The number of aliphatic hydroxyl groups excluding tert-OH is 1. The maximum atomic E-state index is 12.1. The Morgan fingerprint density at radius 2 is 2.12 bits per heavy atom. The first kappa shape index (κ1) is 11.5. The van der Waals surface area contributed by atoms with Crippen LogP contribution < -0.4 is 0 Å². The number of hydrogen-bond acceptors (Lipinski definition) is 3. The summed E-state index contributed by atoms with van der Waals surface area (Å²) in [4.78, 5) is 14.1. The number of ether oxygens (including phenoxy) is 1. The van der Waals surface area contributed by atoms with Gasteiger partial charge in [-0.05, 0) is 25.7 Å². The predicted octanol–water partition coefficient (Wildman–Crippen LogP) is 1.13. The van der Waals surface area contributed by atoms with Crippen LogP contribution in [0.25, 0.3) is 0 Å². The van der Waals surface area contributed by atoms with Crippen molar-refractivity contribution in [1.82, 2.24) is 4.90 Å². The van der Waals surface area contributed by atoms with Gasteiger partial charge < -0.3 is 14.7 Å². The Morgan fingerprint density at radius 3 is 2.76 bits per heavy atom. The third-order valence-corrected chi connectivity index (χ3v) is 4.73. The van der Waals surface area contributed by atoms with Crippen LogP contribution in [0.1, 0.15) is 39.0 Å². The van der Waals surface area contributed by atoms with Crippen molar-refractivity contribution in [2.24, 2.45) is 11.8 Å². The summed E-state index contributed by atoms with van der Waals surface area (Å²) in [6.07, 6.45) is 5.49. The molecule has 1 aliphatic carbocycles. The summed E-state index contributed by atoms with van der Waals surface area (Å²) in [6, 6.07) is 0.208. The van der Waals surface area contributed by atoms with Crippen molar-refractivity contribution in [2.45, 2.75) is 50.8 Å². The Morgan fingerprint density at radius 1 is 1.41 bits per heavy atom. The van der Waals surface area contributed by atoms with E-state index in [2.05, 4.69) is 6.92 Å². The van der Waals surface area contributed by atoms with Crippen molar-refractivity contribution >= 4 is 5.91 Å². The van der Waals surface area contributed by atoms with Gasteiger partial charge in [0.2, 0.25) is 5.91 Å². The first-order chi connectivity index (χ1) is 8.19. The highest BCUT2D eigenvalue weighted by molar-refractivity contribution is 5.87. The van der Waals surface area contributed by atoms with Crippen molar-refractivity contribution in [3.63, 3.8) is 0 Å². The highest BCUT2D eigenvalue weighted by atomic mass is 16.5. The molecule has 0 radical (unpaired) electrons. The molecule has 4 nitrogen and oxygen atoms in total. The van der Waals surface area contributed by atoms with Gasteiger partial charge in [-0.1, -0.05) is 13.3 Å². The number of aliphatic hydroxyl groups is 1. The van der Waals surface area contributed by atoms with Crippen LogP contribution >= 0.6 is 0 Å². The Kier molecular flexibility index (Phi) is 2.67. The molecular formula is C13H21NO3. The SMILES string of the molecule is C[C@H]1COC2(CCCCC2)N2C(=O)[C@H](CO)[C@@H]12. The molecule has 2 aliphatic heterocycles. The third-order valence-electron chi connectivity index (χ3n) is 4.73. The van der Waals surface area contributed by atoms with Crippen LogP contribution in [-0.4, -0.2) is 40.9 Å². The Bertz CT molecular complexity index is 325. The molecular weight excluding hydrogens is 218 g/mol. The van der Waals surface area contributed by atoms with Crippen molar-refractivity contribution in [2.75, 3.05) is 13.2 Å². The normalized spacial score (nSPS) is 40.0. The predicted molar refractivity (Wildman–Crippen MR) is 62.1 cm³/mol. The largest absolute Gasteiger partial charge is 0.395 e. The van der Waals surface area contributed by atoms with E-state index in [1.54, 1.807) is 0 Å². The summed E-state index contributed by atoms with van der Waals surface area (Å²) >= 11 is 0. The quantitative estimate of drug-likeness (QED) is 0.698. The van der Waals surface area contributed by atoms with Crippen LogP contribution in [0.2, 0.25) is 0 Å². The van der Waals surface area contributed by atoms with Gasteiger partial charge in [-0.2, -0.15) is 0 Å². The van der Waals surface area contributed by atoms with Crippen LogP contribution in [0.15, 0.2) is 0 Å². The molecule has 0 bridgehead atoms. The van der Waals surface area contributed by atoms with Gasteiger partial charge in [-0.25, -0.2) is 0 Å². The summed E-state index contributed by atoms with van der Waals surface area (Å²) in [7, 11) is 0. The summed E-state index contributed by atoms with van der Waals surface area (Å²) in [5, 5.41) is 9.31. The Balaban J connectivity index is 1.86. The van der Waals surface area contributed by atoms with Gasteiger partial charge in [-0.3, -0.25) is 4.79 Å². The molecule has 3 fully saturated rings. The fourth-order valence-corrected chi connectivity index (χ4v) is 3.82. The maximum Gasteiger partial charge on any atom is 0.232 e. The van der Waals surface area contributed by atoms with Crippen LogP contribution in [0.5, 0.6) is 0 Å². The van der Waals surface area contributed by atoms with E-state index in [1.807, 2.05) is 4.90 Å². The van der Waals surface area contributed by atoms with Crippen LogP contribution in [-0.2, 0) is 9.53 Å². The minimum absolute atomic E-state index is 0.0135. The molecule has 0 unspecified atom stereocenters. The summed E-state index contributed by atoms with van der Waals surface area (Å²) in [5.41, 5.74) is -0.321. The second-order valence-corrected chi connectivity index (χ2v) is 5.78. The zero-order chi connectivity index (χ0) is 12.0. The molecule has 4 heteroatoms. The maximum absolute atomic E-state index is 12.1. The lowest BCUT2D eigenvalue weighted by atomic mass is 9.73. The van der Waals surface area contributed by atoms with Gasteiger partial charge >= 0.3 is 0 Å². The molecule has 1 N–H and O–H groups in total. The molecule has 96 valence electrons. The van der Waals surface area contributed by atoms with E-state index in [4.69, 9.17) is 4.74 Å². The van der Waals surface area contributed by atoms with Crippen molar-refractivity contribution in [3.05, 3.63) is 0 Å². The summed E-state index contributed by atoms with van der Waals surface area (Å²) in [5.74, 6) is 0.274. The summed E-state index contributed by atoms with van der Waals surface area (Å²) in [6.45, 7) is 2.83. The van der Waals surface area contributed by atoms with E-state index in [-0.39, 0.29) is 30.2 Å². The van der Waals surface area contributed by atoms with Crippen LogP contribution in [0.4, 0.5) is 0 Å². The monoisotopic (exact) mass is 239 g/mol. The second-order valence-electron chi connectivity index (χ2n) is 5.78. The fraction of sp³-hybridized carbons (Fsp3) is 0.923. The zero-order valence-corrected chi connectivity index (χ0v) is 10.4. The molecule has 1 saturated carbocycles. The Hall–Kier alpha value is -0.610. The number of carbonyl (C=O) groups excluding carboxylic acids is 1. The highest BCUT2D eigenvalue weighted by Crippen LogP contribution is 2.48. The van der Waals surface area contributed by atoms with Gasteiger partial charge in [-0.15, -0.1) is 0 Å². The van der Waals surface area contributed by atoms with E-state index in [0.29, 0.717) is 5.92 Å². The van der Waals surface area contributed by atoms with Gasteiger partial charge in [0.1, 0.15) is 5.72 Å². The molecule has 17 heavy (non-hydrogen) atoms. The van der Waals surface area contributed by atoms with Gasteiger partial charge in [0.05, 0.1) is 25.2 Å². The third kappa shape index (κ3) is 1.47. The first-order valence-corrected chi connectivity index (χ1v) is 6.77. The first-order valence-electron chi connectivity index (χ1n) is 6.77. The second kappa shape index (κ2) is 3.95.